The summed E-state index contributed by atoms with van der Waals surface area (Å²) in [4.78, 5) is 0. The first-order valence-electron chi connectivity index (χ1n) is 5.87. The molecule has 0 heterocycles. The van der Waals surface area contributed by atoms with Gasteiger partial charge in [-0.15, -0.1) is 0 Å². The van der Waals surface area contributed by atoms with E-state index in [1.807, 2.05) is 0 Å². The van der Waals surface area contributed by atoms with Gasteiger partial charge in [0.1, 0.15) is 0 Å². The SMILES string of the molecule is CCC(C)CC(C)(C)CCC(C)C. The third kappa shape index (κ3) is 7.10. The zero-order valence-corrected chi connectivity index (χ0v) is 10.5. The Hall–Kier alpha value is 0. The molecule has 0 aliphatic carbocycles. The van der Waals surface area contributed by atoms with Crippen molar-refractivity contribution in [3.63, 3.8) is 0 Å². The van der Waals surface area contributed by atoms with Crippen LogP contribution in [0.25, 0.3) is 0 Å². The third-order valence-electron chi connectivity index (χ3n) is 3.00. The number of hydrogen-bond donors (Lipinski definition) is 0. The van der Waals surface area contributed by atoms with Gasteiger partial charge in [-0.1, -0.05) is 54.4 Å². The van der Waals surface area contributed by atoms with Gasteiger partial charge in [0.05, 0.1) is 0 Å². The highest BCUT2D eigenvalue weighted by Gasteiger charge is 2.20. The second-order valence-corrected chi connectivity index (χ2v) is 5.81. The molecule has 0 rings (SSSR count). The van der Waals surface area contributed by atoms with Crippen molar-refractivity contribution in [1.29, 1.82) is 0 Å². The standard InChI is InChI=1S/C13H28/c1-7-12(4)10-13(5,6)9-8-11(2)3/h11-12H,7-10H2,1-6H3. The molecule has 0 heteroatoms. The minimum absolute atomic E-state index is 0.555. The molecule has 0 amide bonds. The van der Waals surface area contributed by atoms with Crippen LogP contribution in [0.4, 0.5) is 0 Å². The van der Waals surface area contributed by atoms with Crippen molar-refractivity contribution in [3.05, 3.63) is 0 Å². The maximum atomic E-state index is 2.42. The van der Waals surface area contributed by atoms with Crippen LogP contribution in [0, 0.1) is 17.3 Å². The smallest absolute Gasteiger partial charge is 0.0352 e. The molecule has 0 fully saturated rings. The Kier molecular flexibility index (Phi) is 5.67. The van der Waals surface area contributed by atoms with Gasteiger partial charge in [0.15, 0.2) is 0 Å². The summed E-state index contributed by atoms with van der Waals surface area (Å²) in [5.41, 5.74) is 0.555. The maximum Gasteiger partial charge on any atom is -0.0352 e. The van der Waals surface area contributed by atoms with Crippen LogP contribution in [-0.4, -0.2) is 0 Å². The molecule has 0 aliphatic rings. The van der Waals surface area contributed by atoms with Gasteiger partial charge in [-0.3, -0.25) is 0 Å². The van der Waals surface area contributed by atoms with Gasteiger partial charge >= 0.3 is 0 Å². The summed E-state index contributed by atoms with van der Waals surface area (Å²) in [6.45, 7) is 14.1. The van der Waals surface area contributed by atoms with Gasteiger partial charge in [0.25, 0.3) is 0 Å². The first kappa shape index (κ1) is 13.0. The lowest BCUT2D eigenvalue weighted by Crippen LogP contribution is -2.16. The fraction of sp³-hybridized carbons (Fsp3) is 1.00. The molecular formula is C13H28. The minimum atomic E-state index is 0.555. The van der Waals surface area contributed by atoms with Crippen molar-refractivity contribution in [3.8, 4) is 0 Å². The molecule has 1 unspecified atom stereocenters. The monoisotopic (exact) mass is 184 g/mol. The van der Waals surface area contributed by atoms with Crippen LogP contribution in [0.5, 0.6) is 0 Å². The second kappa shape index (κ2) is 5.67. The summed E-state index contributed by atoms with van der Waals surface area (Å²) in [6.07, 6.45) is 5.47. The molecule has 0 aromatic heterocycles. The van der Waals surface area contributed by atoms with Crippen molar-refractivity contribution >= 4 is 0 Å². The van der Waals surface area contributed by atoms with Gasteiger partial charge in [0, 0.05) is 0 Å². The first-order chi connectivity index (χ1) is 5.87. The van der Waals surface area contributed by atoms with Crippen LogP contribution in [0.15, 0.2) is 0 Å². The average molecular weight is 184 g/mol. The molecular weight excluding hydrogens is 156 g/mol. The van der Waals surface area contributed by atoms with Crippen LogP contribution in [-0.2, 0) is 0 Å². The zero-order chi connectivity index (χ0) is 10.5. The summed E-state index contributed by atoms with van der Waals surface area (Å²) in [5.74, 6) is 1.75. The molecule has 80 valence electrons. The van der Waals surface area contributed by atoms with Gasteiger partial charge in [0.2, 0.25) is 0 Å². The molecule has 13 heavy (non-hydrogen) atoms. The topological polar surface area (TPSA) is 0 Å². The Morgan fingerprint density at radius 1 is 1.08 bits per heavy atom. The predicted molar refractivity (Wildman–Crippen MR) is 61.9 cm³/mol. The van der Waals surface area contributed by atoms with Crippen molar-refractivity contribution < 1.29 is 0 Å². The lowest BCUT2D eigenvalue weighted by Gasteiger charge is -2.28. The molecule has 1 atom stereocenters. The molecule has 0 nitrogen and oxygen atoms in total. The van der Waals surface area contributed by atoms with Crippen molar-refractivity contribution in [1.82, 2.24) is 0 Å². The molecule has 0 saturated heterocycles. The Morgan fingerprint density at radius 2 is 1.62 bits per heavy atom. The summed E-state index contributed by atoms with van der Waals surface area (Å²) in [7, 11) is 0. The van der Waals surface area contributed by atoms with E-state index in [4.69, 9.17) is 0 Å². The van der Waals surface area contributed by atoms with E-state index in [1.165, 1.54) is 25.7 Å². The van der Waals surface area contributed by atoms with Crippen LogP contribution in [0.2, 0.25) is 0 Å². The van der Waals surface area contributed by atoms with E-state index in [1.54, 1.807) is 0 Å². The molecule has 0 saturated carbocycles. The van der Waals surface area contributed by atoms with Gasteiger partial charge in [-0.25, -0.2) is 0 Å². The van der Waals surface area contributed by atoms with Crippen molar-refractivity contribution in [2.75, 3.05) is 0 Å². The van der Waals surface area contributed by atoms with E-state index < -0.39 is 0 Å². The van der Waals surface area contributed by atoms with Crippen molar-refractivity contribution in [2.45, 2.75) is 67.2 Å². The fourth-order valence-electron chi connectivity index (χ4n) is 1.87. The Bertz CT molecular complexity index is 122. The van der Waals surface area contributed by atoms with E-state index in [0.717, 1.165) is 11.8 Å². The van der Waals surface area contributed by atoms with Gasteiger partial charge in [-0.05, 0) is 30.1 Å². The number of rotatable bonds is 6. The van der Waals surface area contributed by atoms with Crippen LogP contribution >= 0.6 is 0 Å². The highest BCUT2D eigenvalue weighted by atomic mass is 14.3. The summed E-state index contributed by atoms with van der Waals surface area (Å²) < 4.78 is 0. The second-order valence-electron chi connectivity index (χ2n) is 5.81. The Balaban J connectivity index is 3.79. The largest absolute Gasteiger partial charge is 0.0651 e. The average Bonchev–Trinajstić information content (AvgIpc) is 2.00. The number of hydrogen-bond acceptors (Lipinski definition) is 0. The van der Waals surface area contributed by atoms with Crippen LogP contribution < -0.4 is 0 Å². The predicted octanol–water partition coefficient (Wildman–Crippen LogP) is 4.89. The fourth-order valence-corrected chi connectivity index (χ4v) is 1.87. The van der Waals surface area contributed by atoms with Gasteiger partial charge in [-0.2, -0.15) is 0 Å². The molecule has 0 aromatic rings. The van der Waals surface area contributed by atoms with Crippen LogP contribution in [0.1, 0.15) is 67.2 Å². The lowest BCUT2D eigenvalue weighted by atomic mass is 9.78. The zero-order valence-electron chi connectivity index (χ0n) is 10.5. The van der Waals surface area contributed by atoms with E-state index in [-0.39, 0.29) is 0 Å². The molecule has 0 spiro atoms. The third-order valence-corrected chi connectivity index (χ3v) is 3.00. The Morgan fingerprint density at radius 3 is 2.00 bits per heavy atom. The Labute approximate surface area is 85.1 Å². The van der Waals surface area contributed by atoms with E-state index in [0.29, 0.717) is 5.41 Å². The van der Waals surface area contributed by atoms with E-state index >= 15 is 0 Å². The molecule has 0 N–H and O–H groups in total. The summed E-state index contributed by atoms with van der Waals surface area (Å²) >= 11 is 0. The molecule has 0 aromatic carbocycles. The highest BCUT2D eigenvalue weighted by Crippen LogP contribution is 2.32. The van der Waals surface area contributed by atoms with E-state index in [2.05, 4.69) is 41.5 Å². The quantitative estimate of drug-likeness (QED) is 0.551. The van der Waals surface area contributed by atoms with Gasteiger partial charge < -0.3 is 0 Å². The summed E-state index contributed by atoms with van der Waals surface area (Å²) in [5, 5.41) is 0. The molecule has 0 aliphatic heterocycles. The van der Waals surface area contributed by atoms with Crippen molar-refractivity contribution in [2.24, 2.45) is 17.3 Å². The summed E-state index contributed by atoms with van der Waals surface area (Å²) in [6, 6.07) is 0. The normalized spacial score (nSPS) is 15.0. The lowest BCUT2D eigenvalue weighted by molar-refractivity contribution is 0.236. The minimum Gasteiger partial charge on any atom is -0.0651 e. The maximum absolute atomic E-state index is 2.42. The van der Waals surface area contributed by atoms with E-state index in [9.17, 15) is 0 Å². The highest BCUT2D eigenvalue weighted by molar-refractivity contribution is 4.71. The molecule has 0 radical (unpaired) electrons. The first-order valence-corrected chi connectivity index (χ1v) is 5.87. The molecule has 0 bridgehead atoms. The van der Waals surface area contributed by atoms with Crippen LogP contribution in [0.3, 0.4) is 0 Å².